The van der Waals surface area contributed by atoms with Gasteiger partial charge in [-0.05, 0) is 68.4 Å². The molecule has 0 radical (unpaired) electrons. The third-order valence-corrected chi connectivity index (χ3v) is 7.31. The number of benzene rings is 2. The maximum Gasteiger partial charge on any atom is 0.0816 e. The number of hydrogen-bond donors (Lipinski definition) is 0. The molecule has 0 aliphatic carbocycles. The quantitative estimate of drug-likeness (QED) is 0.0525. The fourth-order valence-corrected chi connectivity index (χ4v) is 4.83. The fraction of sp³-hybridized carbons (Fsp3) is 0.526. The van der Waals surface area contributed by atoms with E-state index in [1.54, 1.807) is 0 Å². The summed E-state index contributed by atoms with van der Waals surface area (Å²) < 4.78 is 0. The Morgan fingerprint density at radius 1 is 0.585 bits per heavy atom. The second-order valence-electron chi connectivity index (χ2n) is 11.0. The number of hydrogen-bond acceptors (Lipinski definition) is 2. The second-order valence-corrected chi connectivity index (χ2v) is 11.0. The summed E-state index contributed by atoms with van der Waals surface area (Å²) in [5.74, 6) is 0. The van der Waals surface area contributed by atoms with Crippen molar-refractivity contribution in [2.24, 2.45) is 9.98 Å². The van der Waals surface area contributed by atoms with Gasteiger partial charge < -0.3 is 0 Å². The molecule has 0 fully saturated rings. The number of unbranched alkanes of at least 4 members (excludes halogenated alkanes) is 14. The molecule has 0 spiro atoms. The summed E-state index contributed by atoms with van der Waals surface area (Å²) >= 11 is 0. The molecule has 2 aromatic rings. The molecular weight excluding hydrogens is 543 g/mol. The average Bonchev–Trinajstić information content (AvgIpc) is 2.99. The Balaban J connectivity index is 0.00000840. The third-order valence-electron chi connectivity index (χ3n) is 7.31. The number of rotatable bonds is 23. The molecule has 2 nitrogen and oxygen atoms in total. The van der Waals surface area contributed by atoms with Crippen molar-refractivity contribution in [3.8, 4) is 0 Å². The van der Waals surface area contributed by atoms with E-state index in [1.807, 2.05) is 36.5 Å². The molecule has 0 N–H and O–H groups in total. The number of nitrogens with zero attached hydrogens (tertiary/aromatic N) is 2. The first kappa shape index (κ1) is 36.8. The van der Waals surface area contributed by atoms with Crippen LogP contribution in [-0.2, 0) is 22.9 Å². The molecule has 2 rings (SSSR count). The van der Waals surface area contributed by atoms with Gasteiger partial charge in [0, 0.05) is 16.5 Å². The standard InChI is InChI=1S/C38H56N2.Ni/c1-3-5-7-9-11-12-13-14-15-16-18-20-23-32-37(34-39-36-30-24-21-25-31-36)40-38-33-27-26-29-35(38)28-22-19-17-10-8-6-4-2;/h10,17,21,23-27,29-34H,3-9,11-16,18-20,22,28H2,1-2H3;/b17-10+,32-23+,39-34?,40-37?;. The molecular formula is C38H56N2Ni. The predicted octanol–water partition coefficient (Wildman–Crippen LogP) is 12.5. The SMILES string of the molecule is CCCC/C=C/CCCc1ccccc1N=C(C=Nc1ccccc1)/C=C/CCCCCCCCCCCCC.[Ni]. The van der Waals surface area contributed by atoms with Crippen molar-refractivity contribution in [3.05, 3.63) is 84.5 Å². The zero-order chi connectivity index (χ0) is 28.4. The minimum atomic E-state index is 0. The summed E-state index contributed by atoms with van der Waals surface area (Å²) in [7, 11) is 0. The minimum Gasteiger partial charge on any atom is -0.255 e. The molecule has 0 aromatic heterocycles. The van der Waals surface area contributed by atoms with E-state index in [-0.39, 0.29) is 16.5 Å². The molecule has 2 aromatic carbocycles. The van der Waals surface area contributed by atoms with Crippen LogP contribution in [-0.4, -0.2) is 11.9 Å². The summed E-state index contributed by atoms with van der Waals surface area (Å²) in [6, 6.07) is 18.7. The predicted molar refractivity (Wildman–Crippen MR) is 180 cm³/mol. The van der Waals surface area contributed by atoms with E-state index in [0.29, 0.717) is 0 Å². The molecule has 0 aliphatic rings. The molecule has 228 valence electrons. The number of aliphatic imine (C=N–C) groups is 2. The fourth-order valence-electron chi connectivity index (χ4n) is 4.83. The molecule has 0 atom stereocenters. The van der Waals surface area contributed by atoms with Crippen molar-refractivity contribution >= 4 is 23.3 Å². The Morgan fingerprint density at radius 2 is 1.15 bits per heavy atom. The van der Waals surface area contributed by atoms with Gasteiger partial charge in [0.15, 0.2) is 0 Å². The molecule has 0 bridgehead atoms. The van der Waals surface area contributed by atoms with Gasteiger partial charge in [-0.1, -0.05) is 146 Å². The normalized spacial score (nSPS) is 12.1. The Hall–Kier alpha value is -2.25. The van der Waals surface area contributed by atoms with Crippen LogP contribution >= 0.6 is 0 Å². The van der Waals surface area contributed by atoms with E-state index in [4.69, 9.17) is 9.98 Å². The van der Waals surface area contributed by atoms with Crippen molar-refractivity contribution in [1.29, 1.82) is 0 Å². The number of allylic oxidation sites excluding steroid dienone is 4. The summed E-state index contributed by atoms with van der Waals surface area (Å²) in [5, 5.41) is 0. The third kappa shape index (κ3) is 19.5. The summed E-state index contributed by atoms with van der Waals surface area (Å²) in [4.78, 5) is 9.78. The molecule has 0 amide bonds. The summed E-state index contributed by atoms with van der Waals surface area (Å²) in [5.41, 5.74) is 4.25. The van der Waals surface area contributed by atoms with Crippen molar-refractivity contribution in [2.75, 3.05) is 0 Å². The van der Waals surface area contributed by atoms with Gasteiger partial charge in [0.1, 0.15) is 0 Å². The van der Waals surface area contributed by atoms with Crippen molar-refractivity contribution < 1.29 is 16.5 Å². The van der Waals surface area contributed by atoms with Crippen LogP contribution in [0.4, 0.5) is 11.4 Å². The van der Waals surface area contributed by atoms with Gasteiger partial charge in [-0.15, -0.1) is 0 Å². The van der Waals surface area contributed by atoms with Crippen LogP contribution in [0.1, 0.15) is 129 Å². The molecule has 0 aliphatic heterocycles. The zero-order valence-corrected chi connectivity index (χ0v) is 27.0. The Bertz CT molecular complexity index is 990. The van der Waals surface area contributed by atoms with E-state index in [1.165, 1.54) is 95.5 Å². The smallest absolute Gasteiger partial charge is 0.0816 e. The van der Waals surface area contributed by atoms with Crippen LogP contribution < -0.4 is 0 Å². The molecule has 41 heavy (non-hydrogen) atoms. The summed E-state index contributed by atoms with van der Waals surface area (Å²) in [6.45, 7) is 4.54. The van der Waals surface area contributed by atoms with Gasteiger partial charge in [0.25, 0.3) is 0 Å². The van der Waals surface area contributed by atoms with Crippen LogP contribution in [0.15, 0.2) is 88.9 Å². The van der Waals surface area contributed by atoms with E-state index in [0.717, 1.165) is 42.8 Å². The monoisotopic (exact) mass is 598 g/mol. The largest absolute Gasteiger partial charge is 0.255 e. The van der Waals surface area contributed by atoms with Crippen LogP contribution in [0, 0.1) is 0 Å². The van der Waals surface area contributed by atoms with Gasteiger partial charge in [-0.25, -0.2) is 4.99 Å². The topological polar surface area (TPSA) is 24.7 Å². The van der Waals surface area contributed by atoms with Gasteiger partial charge in [-0.2, -0.15) is 0 Å². The first-order valence-electron chi connectivity index (χ1n) is 16.4. The molecule has 0 unspecified atom stereocenters. The number of para-hydroxylation sites is 2. The Labute approximate surface area is 262 Å². The summed E-state index contributed by atoms with van der Waals surface area (Å²) in [6.07, 6.45) is 34.4. The van der Waals surface area contributed by atoms with E-state index >= 15 is 0 Å². The van der Waals surface area contributed by atoms with Crippen molar-refractivity contribution in [3.63, 3.8) is 0 Å². The van der Waals surface area contributed by atoms with Crippen LogP contribution in [0.5, 0.6) is 0 Å². The van der Waals surface area contributed by atoms with Crippen molar-refractivity contribution in [1.82, 2.24) is 0 Å². The van der Waals surface area contributed by atoms with Crippen molar-refractivity contribution in [2.45, 2.75) is 129 Å². The first-order chi connectivity index (χ1) is 19.8. The molecule has 0 heterocycles. The maximum atomic E-state index is 5.07. The first-order valence-corrected chi connectivity index (χ1v) is 16.4. The Kier molecular flexibility index (Phi) is 23.9. The molecule has 3 heteroatoms. The average molecular weight is 600 g/mol. The number of aryl methyl sites for hydroxylation is 1. The van der Waals surface area contributed by atoms with Crippen LogP contribution in [0.3, 0.4) is 0 Å². The second kappa shape index (κ2) is 26.6. The van der Waals surface area contributed by atoms with Gasteiger partial charge in [-0.3, -0.25) is 4.99 Å². The van der Waals surface area contributed by atoms with Gasteiger partial charge in [0.05, 0.1) is 23.3 Å². The van der Waals surface area contributed by atoms with E-state index in [9.17, 15) is 0 Å². The van der Waals surface area contributed by atoms with Crippen LogP contribution in [0.2, 0.25) is 0 Å². The van der Waals surface area contributed by atoms with Gasteiger partial charge in [0.2, 0.25) is 0 Å². The van der Waals surface area contributed by atoms with Gasteiger partial charge >= 0.3 is 0 Å². The minimum absolute atomic E-state index is 0. The van der Waals surface area contributed by atoms with E-state index in [2.05, 4.69) is 62.4 Å². The maximum absolute atomic E-state index is 5.07. The molecule has 0 saturated carbocycles. The molecule has 0 saturated heterocycles. The van der Waals surface area contributed by atoms with Crippen LogP contribution in [0.25, 0.3) is 0 Å². The zero-order valence-electron chi connectivity index (χ0n) is 26.0. The van der Waals surface area contributed by atoms with E-state index < -0.39 is 0 Å². The Morgan fingerprint density at radius 3 is 1.83 bits per heavy atom.